The predicted molar refractivity (Wildman–Crippen MR) is 67.3 cm³/mol. The maximum Gasteiger partial charge on any atom is 0.303 e. The van der Waals surface area contributed by atoms with Crippen molar-refractivity contribution in [3.63, 3.8) is 0 Å². The Morgan fingerprint density at radius 1 is 1.24 bits per heavy atom. The van der Waals surface area contributed by atoms with Crippen molar-refractivity contribution in [3.05, 3.63) is 0 Å². The van der Waals surface area contributed by atoms with E-state index in [1.165, 1.54) is 0 Å². The second kappa shape index (κ2) is 7.00. The lowest BCUT2D eigenvalue weighted by molar-refractivity contribution is -0.137. The monoisotopic (exact) mass is 260 g/mol. The molecule has 3 nitrogen and oxygen atoms in total. The molecule has 0 saturated heterocycles. The first kappa shape index (κ1) is 14.5. The zero-order valence-corrected chi connectivity index (χ0v) is 11.1. The lowest BCUT2D eigenvalue weighted by Crippen LogP contribution is -2.47. The topological polar surface area (TPSA) is 54.4 Å². The minimum Gasteiger partial charge on any atom is -0.481 e. The van der Waals surface area contributed by atoms with Crippen LogP contribution in [-0.4, -0.2) is 22.2 Å². The third-order valence-electron chi connectivity index (χ3n) is 3.64. The second-order valence-electron chi connectivity index (χ2n) is 4.97. The first-order valence-corrected chi connectivity index (χ1v) is 6.87. The maximum atomic E-state index is 11.4. The average Bonchev–Trinajstić information content (AvgIpc) is 2.31. The molecule has 1 unspecified atom stereocenters. The van der Waals surface area contributed by atoms with Gasteiger partial charge in [-0.15, -0.1) is 11.6 Å². The van der Waals surface area contributed by atoms with Crippen LogP contribution >= 0.6 is 11.6 Å². The van der Waals surface area contributed by atoms with E-state index < -0.39 is 5.97 Å². The van der Waals surface area contributed by atoms with Gasteiger partial charge in [0.25, 0.3) is 0 Å². The number of carbonyl (C=O) groups is 2. The van der Waals surface area contributed by atoms with Crippen LogP contribution in [0, 0.1) is 11.8 Å². The summed E-state index contributed by atoms with van der Waals surface area (Å²) in [5, 5.41) is 8.21. The van der Waals surface area contributed by atoms with Gasteiger partial charge in [-0.2, -0.15) is 0 Å². The average molecular weight is 261 g/mol. The molecule has 0 aromatic rings. The largest absolute Gasteiger partial charge is 0.481 e. The lowest BCUT2D eigenvalue weighted by atomic mass is 9.70. The van der Waals surface area contributed by atoms with Crippen molar-refractivity contribution < 1.29 is 14.7 Å². The third kappa shape index (κ3) is 4.30. The van der Waals surface area contributed by atoms with Gasteiger partial charge in [0.05, 0.1) is 5.38 Å². The van der Waals surface area contributed by atoms with Crippen LogP contribution in [0.1, 0.15) is 51.9 Å². The fraction of sp³-hybridized carbons (Fsp3) is 0.846. The fourth-order valence-corrected chi connectivity index (χ4v) is 2.72. The Balaban J connectivity index is 1.95. The highest BCUT2D eigenvalue weighted by Gasteiger charge is 2.44. The summed E-state index contributed by atoms with van der Waals surface area (Å²) in [5.41, 5.74) is 0. The number of hydrogen-bond acceptors (Lipinski definition) is 2. The van der Waals surface area contributed by atoms with E-state index in [0.717, 1.165) is 38.5 Å². The van der Waals surface area contributed by atoms with Gasteiger partial charge in [-0.25, -0.2) is 0 Å². The number of carboxylic acid groups (broad SMARTS) is 1. The molecular weight excluding hydrogens is 240 g/mol. The van der Waals surface area contributed by atoms with Crippen LogP contribution < -0.4 is 0 Å². The Morgan fingerprint density at radius 2 is 1.82 bits per heavy atom. The molecule has 0 spiro atoms. The van der Waals surface area contributed by atoms with E-state index in [1.807, 2.05) is 6.92 Å². The highest BCUT2D eigenvalue weighted by molar-refractivity contribution is 6.34. The van der Waals surface area contributed by atoms with Crippen LogP contribution in [0.3, 0.4) is 0 Å². The van der Waals surface area contributed by atoms with Gasteiger partial charge >= 0.3 is 5.97 Å². The van der Waals surface area contributed by atoms with Crippen molar-refractivity contribution in [2.75, 3.05) is 0 Å². The molecule has 4 heteroatoms. The quantitative estimate of drug-likeness (QED) is 0.538. The summed E-state index contributed by atoms with van der Waals surface area (Å²) in [6.07, 6.45) is 6.15. The number of carbonyl (C=O) groups excluding carboxylic acids is 1. The van der Waals surface area contributed by atoms with Gasteiger partial charge in [0.2, 0.25) is 0 Å². The summed E-state index contributed by atoms with van der Waals surface area (Å²) in [5.74, 6) is 0.00443. The number of alkyl halides is 1. The normalized spacial score (nSPS) is 27.9. The van der Waals surface area contributed by atoms with Crippen molar-refractivity contribution in [3.8, 4) is 0 Å². The Bertz CT molecular complexity index is 278. The summed E-state index contributed by atoms with van der Waals surface area (Å²) in [4.78, 5) is 21.7. The van der Waals surface area contributed by atoms with E-state index in [2.05, 4.69) is 0 Å². The first-order chi connectivity index (χ1) is 8.04. The molecule has 98 valence electrons. The molecule has 1 aliphatic carbocycles. The Morgan fingerprint density at radius 3 is 2.41 bits per heavy atom. The molecule has 0 aromatic heterocycles. The van der Waals surface area contributed by atoms with E-state index in [-0.39, 0.29) is 23.5 Å². The van der Waals surface area contributed by atoms with Crippen molar-refractivity contribution >= 4 is 23.4 Å². The molecule has 1 N–H and O–H groups in total. The summed E-state index contributed by atoms with van der Waals surface area (Å²) >= 11 is 5.85. The van der Waals surface area contributed by atoms with Crippen LogP contribution in [0.2, 0.25) is 0 Å². The molecule has 0 radical (unpaired) electrons. The SMILES string of the molecule is C[C@H]1C(Cl)C(=O)[C@H]1CCCCCCCC(=O)O. The molecule has 3 atom stereocenters. The van der Waals surface area contributed by atoms with E-state index >= 15 is 0 Å². The van der Waals surface area contributed by atoms with Gasteiger partial charge in [0, 0.05) is 12.3 Å². The zero-order chi connectivity index (χ0) is 12.8. The van der Waals surface area contributed by atoms with Crippen LogP contribution in [0.25, 0.3) is 0 Å². The first-order valence-electron chi connectivity index (χ1n) is 6.43. The fourth-order valence-electron chi connectivity index (χ4n) is 2.38. The minimum absolute atomic E-state index is 0.177. The number of halogens is 1. The molecule has 1 saturated carbocycles. The van der Waals surface area contributed by atoms with E-state index in [1.54, 1.807) is 0 Å². The van der Waals surface area contributed by atoms with E-state index in [9.17, 15) is 9.59 Å². The molecule has 1 aliphatic rings. The van der Waals surface area contributed by atoms with Crippen molar-refractivity contribution in [2.45, 2.75) is 57.2 Å². The summed E-state index contributed by atoms with van der Waals surface area (Å²) < 4.78 is 0. The Kier molecular flexibility index (Phi) is 5.96. The highest BCUT2D eigenvalue weighted by atomic mass is 35.5. The molecule has 0 aliphatic heterocycles. The Labute approximate surface area is 108 Å². The number of carboxylic acids is 1. The Hall–Kier alpha value is -0.570. The van der Waals surface area contributed by atoms with Crippen LogP contribution in [-0.2, 0) is 9.59 Å². The van der Waals surface area contributed by atoms with Crippen molar-refractivity contribution in [1.82, 2.24) is 0 Å². The zero-order valence-electron chi connectivity index (χ0n) is 10.3. The van der Waals surface area contributed by atoms with Crippen LogP contribution in [0.4, 0.5) is 0 Å². The molecular formula is C13H21ClO3. The summed E-state index contributed by atoms with van der Waals surface area (Å²) in [7, 11) is 0. The number of ketones is 1. The second-order valence-corrected chi connectivity index (χ2v) is 5.44. The highest BCUT2D eigenvalue weighted by Crippen LogP contribution is 2.38. The van der Waals surface area contributed by atoms with Crippen LogP contribution in [0.15, 0.2) is 0 Å². The molecule has 0 aromatic carbocycles. The molecule has 0 amide bonds. The predicted octanol–water partition coefficient (Wildman–Crippen LogP) is 3.24. The number of unbranched alkanes of at least 4 members (excludes halogenated alkanes) is 4. The van der Waals surface area contributed by atoms with Gasteiger partial charge in [-0.05, 0) is 18.8 Å². The van der Waals surface area contributed by atoms with Gasteiger partial charge in [-0.3, -0.25) is 9.59 Å². The minimum atomic E-state index is -0.716. The van der Waals surface area contributed by atoms with E-state index in [0.29, 0.717) is 5.92 Å². The van der Waals surface area contributed by atoms with E-state index in [4.69, 9.17) is 16.7 Å². The third-order valence-corrected chi connectivity index (χ3v) is 4.25. The number of aliphatic carboxylic acids is 1. The molecule has 1 rings (SSSR count). The maximum absolute atomic E-state index is 11.4. The lowest BCUT2D eigenvalue weighted by Gasteiger charge is -2.37. The summed E-state index contributed by atoms with van der Waals surface area (Å²) in [6.45, 7) is 2.04. The van der Waals surface area contributed by atoms with Gasteiger partial charge in [-0.1, -0.05) is 32.6 Å². The summed E-state index contributed by atoms with van der Waals surface area (Å²) in [6, 6.07) is 0. The van der Waals surface area contributed by atoms with Gasteiger partial charge in [0.15, 0.2) is 5.78 Å². The number of rotatable bonds is 8. The van der Waals surface area contributed by atoms with Gasteiger partial charge in [0.1, 0.15) is 0 Å². The molecule has 0 heterocycles. The number of Topliss-reactive ketones (excluding diaryl/α,β-unsaturated/α-hetero) is 1. The smallest absolute Gasteiger partial charge is 0.303 e. The number of hydrogen-bond donors (Lipinski definition) is 1. The standard InChI is InChI=1S/C13H21ClO3/c1-9-10(13(17)12(9)14)7-5-3-2-4-6-8-11(15)16/h9-10,12H,2-8H2,1H3,(H,15,16)/t9-,10+,12?/m1/s1. The van der Waals surface area contributed by atoms with Crippen molar-refractivity contribution in [1.29, 1.82) is 0 Å². The molecule has 17 heavy (non-hydrogen) atoms. The van der Waals surface area contributed by atoms with Crippen LogP contribution in [0.5, 0.6) is 0 Å². The molecule has 0 bridgehead atoms. The van der Waals surface area contributed by atoms with Crippen molar-refractivity contribution in [2.24, 2.45) is 11.8 Å². The van der Waals surface area contributed by atoms with Gasteiger partial charge < -0.3 is 5.11 Å². The molecule has 1 fully saturated rings.